The highest BCUT2D eigenvalue weighted by atomic mass is 16.1. The predicted octanol–water partition coefficient (Wildman–Crippen LogP) is 0.814. The number of amides is 1. The van der Waals surface area contributed by atoms with Crippen molar-refractivity contribution in [3.63, 3.8) is 0 Å². The molecule has 2 N–H and O–H groups in total. The summed E-state index contributed by atoms with van der Waals surface area (Å²) in [4.78, 5) is 29.9. The predicted molar refractivity (Wildman–Crippen MR) is 72.7 cm³/mol. The van der Waals surface area contributed by atoms with E-state index in [4.69, 9.17) is 0 Å². The van der Waals surface area contributed by atoms with Crippen LogP contribution in [0.15, 0.2) is 29.2 Å². The monoisotopic (exact) mass is 273 g/mol. The van der Waals surface area contributed by atoms with E-state index in [2.05, 4.69) is 25.5 Å². The Bertz CT molecular complexity index is 653. The molecule has 7 nitrogen and oxygen atoms in total. The van der Waals surface area contributed by atoms with Gasteiger partial charge in [0.15, 0.2) is 11.5 Å². The normalized spacial score (nSPS) is 11.9. The summed E-state index contributed by atoms with van der Waals surface area (Å²) in [6.45, 7) is 3.25. The average molecular weight is 273 g/mol. The minimum absolute atomic E-state index is 0.197. The Balaban J connectivity index is 2.35. The van der Waals surface area contributed by atoms with Gasteiger partial charge in [0.1, 0.15) is 5.69 Å². The maximum absolute atomic E-state index is 12.1. The van der Waals surface area contributed by atoms with Gasteiger partial charge in [-0.05, 0) is 18.6 Å². The minimum Gasteiger partial charge on any atom is -0.348 e. The van der Waals surface area contributed by atoms with E-state index in [0.29, 0.717) is 17.9 Å². The van der Waals surface area contributed by atoms with Gasteiger partial charge in [-0.15, -0.1) is 10.2 Å². The molecule has 2 rings (SSSR count). The molecule has 2 aromatic heterocycles. The van der Waals surface area contributed by atoms with Crippen molar-refractivity contribution in [1.82, 2.24) is 25.5 Å². The molecule has 0 aliphatic heterocycles. The largest absolute Gasteiger partial charge is 0.348 e. The summed E-state index contributed by atoms with van der Waals surface area (Å²) in [5, 5.41) is 10.6. The lowest BCUT2D eigenvalue weighted by Crippen LogP contribution is -2.32. The molecule has 1 atom stereocenters. The molecule has 2 aromatic rings. The second kappa shape index (κ2) is 6.05. The number of carbonyl (C=O) groups excluding carboxylic acids is 1. The van der Waals surface area contributed by atoms with Gasteiger partial charge in [0, 0.05) is 13.1 Å². The Morgan fingerprint density at radius 1 is 1.40 bits per heavy atom. The maximum atomic E-state index is 12.1. The van der Waals surface area contributed by atoms with E-state index in [-0.39, 0.29) is 17.2 Å². The number of H-pyrrole nitrogens is 1. The Kier molecular flexibility index (Phi) is 4.19. The van der Waals surface area contributed by atoms with Crippen molar-refractivity contribution in [2.24, 2.45) is 0 Å². The summed E-state index contributed by atoms with van der Waals surface area (Å²) in [5.41, 5.74) is 0.361. The molecule has 0 aliphatic carbocycles. The Labute approximate surface area is 115 Å². The van der Waals surface area contributed by atoms with Crippen LogP contribution in [0.25, 0.3) is 11.5 Å². The van der Waals surface area contributed by atoms with Crippen LogP contribution in [0.3, 0.4) is 0 Å². The highest BCUT2D eigenvalue weighted by Crippen LogP contribution is 2.11. The first-order valence-corrected chi connectivity index (χ1v) is 6.27. The van der Waals surface area contributed by atoms with Crippen LogP contribution in [0, 0.1) is 0 Å². The van der Waals surface area contributed by atoms with Crippen LogP contribution < -0.4 is 10.9 Å². The summed E-state index contributed by atoms with van der Waals surface area (Å²) in [7, 11) is 0. The Morgan fingerprint density at radius 2 is 2.20 bits per heavy atom. The van der Waals surface area contributed by atoms with Gasteiger partial charge >= 0.3 is 0 Å². The van der Waals surface area contributed by atoms with Crippen molar-refractivity contribution in [2.45, 2.75) is 26.3 Å². The van der Waals surface area contributed by atoms with E-state index in [1.165, 1.54) is 6.92 Å². The fraction of sp³-hybridized carbons (Fsp3) is 0.308. The first kappa shape index (κ1) is 13.9. The van der Waals surface area contributed by atoms with Crippen molar-refractivity contribution in [1.29, 1.82) is 0 Å². The second-order valence-electron chi connectivity index (χ2n) is 4.26. The molecule has 0 spiro atoms. The van der Waals surface area contributed by atoms with Crippen LogP contribution in [0.4, 0.5) is 0 Å². The molecule has 1 amide bonds. The molecule has 0 bridgehead atoms. The van der Waals surface area contributed by atoms with Gasteiger partial charge in [0.05, 0.1) is 6.04 Å². The number of aromatic nitrogens is 4. The molecular weight excluding hydrogens is 258 g/mol. The Hall–Kier alpha value is -2.57. The summed E-state index contributed by atoms with van der Waals surface area (Å²) in [6.07, 6.45) is 2.16. The maximum Gasteiger partial charge on any atom is 0.275 e. The zero-order valence-corrected chi connectivity index (χ0v) is 11.3. The number of pyridine rings is 1. The third-order valence-electron chi connectivity index (χ3n) is 2.75. The SMILES string of the molecule is CCC(NC(C)=O)c1nnc(-c2ccccn2)[nH]c1=O. The lowest BCUT2D eigenvalue weighted by molar-refractivity contribution is -0.119. The van der Waals surface area contributed by atoms with E-state index in [0.717, 1.165) is 0 Å². The third-order valence-corrected chi connectivity index (χ3v) is 2.75. The van der Waals surface area contributed by atoms with Gasteiger partial charge < -0.3 is 10.3 Å². The van der Waals surface area contributed by atoms with E-state index in [1.807, 2.05) is 6.92 Å². The molecule has 104 valence electrons. The first-order valence-electron chi connectivity index (χ1n) is 6.27. The summed E-state index contributed by atoms with van der Waals surface area (Å²) < 4.78 is 0. The number of rotatable bonds is 4. The van der Waals surface area contributed by atoms with Gasteiger partial charge in [-0.2, -0.15) is 0 Å². The topological polar surface area (TPSA) is 101 Å². The van der Waals surface area contributed by atoms with Crippen molar-refractivity contribution in [3.8, 4) is 11.5 Å². The standard InChI is InChI=1S/C13H15N5O2/c1-3-9(15-8(2)19)11-13(20)16-12(18-17-11)10-6-4-5-7-14-10/h4-7,9H,3H2,1-2H3,(H,15,19)(H,16,18,20). The highest BCUT2D eigenvalue weighted by Gasteiger charge is 2.17. The number of carbonyl (C=O) groups is 1. The number of nitrogens with one attached hydrogen (secondary N) is 2. The number of hydrogen-bond donors (Lipinski definition) is 2. The van der Waals surface area contributed by atoms with E-state index in [9.17, 15) is 9.59 Å². The fourth-order valence-corrected chi connectivity index (χ4v) is 1.80. The van der Waals surface area contributed by atoms with E-state index < -0.39 is 6.04 Å². The lowest BCUT2D eigenvalue weighted by atomic mass is 10.1. The number of aromatic amines is 1. The molecule has 0 saturated heterocycles. The molecule has 20 heavy (non-hydrogen) atoms. The van der Waals surface area contributed by atoms with Gasteiger partial charge in [-0.1, -0.05) is 13.0 Å². The highest BCUT2D eigenvalue weighted by molar-refractivity contribution is 5.73. The zero-order chi connectivity index (χ0) is 14.5. The van der Waals surface area contributed by atoms with Gasteiger partial charge in [0.2, 0.25) is 5.91 Å². The van der Waals surface area contributed by atoms with E-state index >= 15 is 0 Å². The minimum atomic E-state index is -0.443. The fourth-order valence-electron chi connectivity index (χ4n) is 1.80. The van der Waals surface area contributed by atoms with Crippen LogP contribution in [0.1, 0.15) is 32.0 Å². The Morgan fingerprint density at radius 3 is 2.75 bits per heavy atom. The van der Waals surface area contributed by atoms with Crippen LogP contribution in [0.5, 0.6) is 0 Å². The molecule has 2 heterocycles. The summed E-state index contributed by atoms with van der Waals surface area (Å²) >= 11 is 0. The zero-order valence-electron chi connectivity index (χ0n) is 11.3. The molecule has 0 aromatic carbocycles. The van der Waals surface area contributed by atoms with Crippen molar-refractivity contribution < 1.29 is 4.79 Å². The molecule has 0 radical (unpaired) electrons. The molecule has 0 saturated carbocycles. The average Bonchev–Trinajstić information content (AvgIpc) is 2.45. The van der Waals surface area contributed by atoms with Crippen molar-refractivity contribution in [2.75, 3.05) is 0 Å². The number of hydrogen-bond acceptors (Lipinski definition) is 5. The molecule has 1 unspecified atom stereocenters. The third kappa shape index (κ3) is 3.05. The van der Waals surface area contributed by atoms with Crippen LogP contribution in [0.2, 0.25) is 0 Å². The molecule has 0 aliphatic rings. The lowest BCUT2D eigenvalue weighted by Gasteiger charge is -2.13. The quantitative estimate of drug-likeness (QED) is 0.858. The van der Waals surface area contributed by atoms with Crippen molar-refractivity contribution >= 4 is 5.91 Å². The van der Waals surface area contributed by atoms with E-state index in [1.54, 1.807) is 24.4 Å². The van der Waals surface area contributed by atoms with Gasteiger partial charge in [-0.25, -0.2) is 0 Å². The smallest absolute Gasteiger partial charge is 0.275 e. The second-order valence-corrected chi connectivity index (χ2v) is 4.26. The summed E-state index contributed by atoms with van der Waals surface area (Å²) in [5.74, 6) is 0.0869. The van der Waals surface area contributed by atoms with Gasteiger partial charge in [0.25, 0.3) is 5.56 Å². The molecule has 0 fully saturated rings. The molecule has 7 heteroatoms. The number of nitrogens with zero attached hydrogens (tertiary/aromatic N) is 3. The van der Waals surface area contributed by atoms with Crippen LogP contribution in [-0.4, -0.2) is 26.1 Å². The van der Waals surface area contributed by atoms with Gasteiger partial charge in [-0.3, -0.25) is 14.6 Å². The van der Waals surface area contributed by atoms with Crippen LogP contribution >= 0.6 is 0 Å². The van der Waals surface area contributed by atoms with Crippen LogP contribution in [-0.2, 0) is 4.79 Å². The summed E-state index contributed by atoms with van der Waals surface area (Å²) in [6, 6.07) is 4.85. The van der Waals surface area contributed by atoms with Crippen molar-refractivity contribution in [3.05, 3.63) is 40.4 Å². The first-order chi connectivity index (χ1) is 9.61. The molecular formula is C13H15N5O2.